The maximum atomic E-state index is 12.0. The second-order valence-electron chi connectivity index (χ2n) is 4.17. The summed E-state index contributed by atoms with van der Waals surface area (Å²) in [5.74, 6) is -0.0694. The molecule has 18 heavy (non-hydrogen) atoms. The van der Waals surface area contributed by atoms with Crippen LogP contribution in [0.1, 0.15) is 16.0 Å². The molecule has 1 aliphatic rings. The van der Waals surface area contributed by atoms with Crippen molar-refractivity contribution in [1.29, 1.82) is 0 Å². The van der Waals surface area contributed by atoms with Gasteiger partial charge < -0.3 is 5.32 Å². The van der Waals surface area contributed by atoms with E-state index in [-0.39, 0.29) is 5.91 Å². The summed E-state index contributed by atoms with van der Waals surface area (Å²) in [4.78, 5) is 13.1. The number of anilines is 1. The Hall–Kier alpha value is -1.58. The standard InChI is InChI=1S/C14H10ClNOS/c1-8-4-5-18-13(8)7-11-10-3-2-9(15)6-12(10)16-14(11)17/h2-7H,1H3,(H,16,17)/b11-7-. The van der Waals surface area contributed by atoms with Gasteiger partial charge in [0, 0.05) is 15.5 Å². The molecule has 0 spiro atoms. The fraction of sp³-hybridized carbons (Fsp3) is 0.0714. The predicted octanol–water partition coefficient (Wildman–Crippen LogP) is 4.20. The summed E-state index contributed by atoms with van der Waals surface area (Å²) in [6.45, 7) is 2.04. The number of aryl methyl sites for hydroxylation is 1. The quantitative estimate of drug-likeness (QED) is 0.777. The lowest BCUT2D eigenvalue weighted by Crippen LogP contribution is -2.03. The third-order valence-corrected chi connectivity index (χ3v) is 4.14. The minimum absolute atomic E-state index is 0.0694. The van der Waals surface area contributed by atoms with E-state index in [1.54, 1.807) is 23.5 Å². The zero-order valence-corrected chi connectivity index (χ0v) is 11.2. The van der Waals surface area contributed by atoms with Crippen LogP contribution < -0.4 is 5.32 Å². The Morgan fingerprint density at radius 3 is 2.89 bits per heavy atom. The number of thiophene rings is 1. The van der Waals surface area contributed by atoms with Crippen LogP contribution in [0.2, 0.25) is 5.02 Å². The molecule has 0 atom stereocenters. The van der Waals surface area contributed by atoms with E-state index in [9.17, 15) is 4.79 Å². The highest BCUT2D eigenvalue weighted by Gasteiger charge is 2.24. The molecule has 2 heterocycles. The van der Waals surface area contributed by atoms with Gasteiger partial charge in [-0.2, -0.15) is 0 Å². The van der Waals surface area contributed by atoms with E-state index in [1.807, 2.05) is 30.5 Å². The third kappa shape index (κ3) is 1.85. The molecule has 3 rings (SSSR count). The average Bonchev–Trinajstić information content (AvgIpc) is 2.85. The molecule has 1 amide bonds. The molecule has 1 N–H and O–H groups in total. The number of hydrogen-bond donors (Lipinski definition) is 1. The van der Waals surface area contributed by atoms with E-state index < -0.39 is 0 Å². The Bertz CT molecular complexity index is 672. The molecule has 0 bridgehead atoms. The summed E-state index contributed by atoms with van der Waals surface area (Å²) in [6.07, 6.45) is 1.94. The van der Waals surface area contributed by atoms with E-state index in [2.05, 4.69) is 5.32 Å². The lowest BCUT2D eigenvalue weighted by Gasteiger charge is -1.98. The average molecular weight is 276 g/mol. The van der Waals surface area contributed by atoms with Crippen LogP contribution in [0.15, 0.2) is 29.6 Å². The third-order valence-electron chi connectivity index (χ3n) is 2.94. The molecule has 90 valence electrons. The maximum Gasteiger partial charge on any atom is 0.256 e. The van der Waals surface area contributed by atoms with Gasteiger partial charge in [0.1, 0.15) is 0 Å². The molecule has 0 saturated carbocycles. The zero-order valence-electron chi connectivity index (χ0n) is 9.66. The van der Waals surface area contributed by atoms with E-state index in [0.29, 0.717) is 10.6 Å². The molecule has 0 fully saturated rings. The molecular weight excluding hydrogens is 266 g/mol. The number of fused-ring (bicyclic) bond motifs is 1. The molecule has 4 heteroatoms. The van der Waals surface area contributed by atoms with Crippen LogP contribution >= 0.6 is 22.9 Å². The number of carbonyl (C=O) groups excluding carboxylic acids is 1. The summed E-state index contributed by atoms with van der Waals surface area (Å²) in [6, 6.07) is 7.50. The van der Waals surface area contributed by atoms with Gasteiger partial charge in [-0.15, -0.1) is 11.3 Å². The van der Waals surface area contributed by atoms with Crippen molar-refractivity contribution < 1.29 is 4.79 Å². The van der Waals surface area contributed by atoms with Crippen LogP contribution in [0, 0.1) is 6.92 Å². The van der Waals surface area contributed by atoms with Gasteiger partial charge in [-0.25, -0.2) is 0 Å². The Morgan fingerprint density at radius 2 is 2.17 bits per heavy atom. The SMILES string of the molecule is Cc1ccsc1/C=C1\C(=O)Nc2cc(Cl)ccc21. The summed E-state index contributed by atoms with van der Waals surface area (Å²) >= 11 is 7.55. The molecule has 2 aromatic rings. The number of nitrogens with one attached hydrogen (secondary N) is 1. The lowest BCUT2D eigenvalue weighted by molar-refractivity contribution is -0.110. The topological polar surface area (TPSA) is 29.1 Å². The molecule has 1 aromatic heterocycles. The van der Waals surface area contributed by atoms with Crippen LogP contribution in [0.4, 0.5) is 5.69 Å². The minimum Gasteiger partial charge on any atom is -0.321 e. The number of carbonyl (C=O) groups is 1. The van der Waals surface area contributed by atoms with Crippen molar-refractivity contribution in [1.82, 2.24) is 0 Å². The van der Waals surface area contributed by atoms with Crippen LogP contribution in [0.3, 0.4) is 0 Å². The number of benzene rings is 1. The molecule has 0 saturated heterocycles. The van der Waals surface area contributed by atoms with Crippen LogP contribution in [0.5, 0.6) is 0 Å². The van der Waals surface area contributed by atoms with Crippen molar-refractivity contribution in [2.24, 2.45) is 0 Å². The first-order chi connectivity index (χ1) is 8.65. The monoisotopic (exact) mass is 275 g/mol. The Labute approximate surface area is 114 Å². The number of halogens is 1. The van der Waals surface area contributed by atoms with Crippen molar-refractivity contribution in [3.8, 4) is 0 Å². The second-order valence-corrected chi connectivity index (χ2v) is 5.55. The van der Waals surface area contributed by atoms with Gasteiger partial charge in [-0.05, 0) is 42.1 Å². The summed E-state index contributed by atoms with van der Waals surface area (Å²) in [5, 5.41) is 5.49. The van der Waals surface area contributed by atoms with E-state index in [0.717, 1.165) is 16.1 Å². The van der Waals surface area contributed by atoms with Crippen molar-refractivity contribution in [2.75, 3.05) is 5.32 Å². The van der Waals surface area contributed by atoms with Crippen molar-refractivity contribution in [3.05, 3.63) is 50.7 Å². The van der Waals surface area contributed by atoms with E-state index >= 15 is 0 Å². The smallest absolute Gasteiger partial charge is 0.256 e. The second kappa shape index (κ2) is 4.26. The van der Waals surface area contributed by atoms with Crippen molar-refractivity contribution in [3.63, 3.8) is 0 Å². The maximum absolute atomic E-state index is 12.0. The van der Waals surface area contributed by atoms with Gasteiger partial charge in [0.15, 0.2) is 0 Å². The highest BCUT2D eigenvalue weighted by molar-refractivity contribution is 7.11. The fourth-order valence-corrected chi connectivity index (χ4v) is 3.00. The highest BCUT2D eigenvalue weighted by atomic mass is 35.5. The zero-order chi connectivity index (χ0) is 12.7. The molecule has 2 nitrogen and oxygen atoms in total. The van der Waals surface area contributed by atoms with E-state index in [1.165, 1.54) is 5.56 Å². The van der Waals surface area contributed by atoms with Crippen LogP contribution in [0.25, 0.3) is 11.6 Å². The molecular formula is C14H10ClNOS. The predicted molar refractivity (Wildman–Crippen MR) is 77.0 cm³/mol. The summed E-state index contributed by atoms with van der Waals surface area (Å²) in [5.41, 5.74) is 3.58. The van der Waals surface area contributed by atoms with Crippen LogP contribution in [-0.4, -0.2) is 5.91 Å². The first-order valence-electron chi connectivity index (χ1n) is 5.52. The fourth-order valence-electron chi connectivity index (χ4n) is 1.97. The molecule has 0 radical (unpaired) electrons. The molecule has 1 aliphatic heterocycles. The summed E-state index contributed by atoms with van der Waals surface area (Å²) < 4.78 is 0. The van der Waals surface area contributed by atoms with Crippen molar-refractivity contribution >= 4 is 46.2 Å². The molecule has 1 aromatic carbocycles. The minimum atomic E-state index is -0.0694. The van der Waals surface area contributed by atoms with Crippen LogP contribution in [-0.2, 0) is 4.79 Å². The first kappa shape index (κ1) is 11.5. The molecule has 0 aliphatic carbocycles. The van der Waals surface area contributed by atoms with Gasteiger partial charge in [0.25, 0.3) is 5.91 Å². The van der Waals surface area contributed by atoms with E-state index in [4.69, 9.17) is 11.6 Å². The number of rotatable bonds is 1. The number of hydrogen-bond acceptors (Lipinski definition) is 2. The largest absolute Gasteiger partial charge is 0.321 e. The van der Waals surface area contributed by atoms with Crippen molar-refractivity contribution in [2.45, 2.75) is 6.92 Å². The number of amides is 1. The lowest BCUT2D eigenvalue weighted by atomic mass is 10.1. The van der Waals surface area contributed by atoms with Gasteiger partial charge >= 0.3 is 0 Å². The van der Waals surface area contributed by atoms with Gasteiger partial charge in [0.05, 0.1) is 11.3 Å². The first-order valence-corrected chi connectivity index (χ1v) is 6.78. The Morgan fingerprint density at radius 1 is 1.33 bits per heavy atom. The summed E-state index contributed by atoms with van der Waals surface area (Å²) in [7, 11) is 0. The Kier molecular flexibility index (Phi) is 2.73. The normalized spacial score (nSPS) is 15.9. The van der Waals surface area contributed by atoms with Gasteiger partial charge in [-0.3, -0.25) is 4.79 Å². The Balaban J connectivity index is 2.12. The van der Waals surface area contributed by atoms with Gasteiger partial charge in [0.2, 0.25) is 0 Å². The van der Waals surface area contributed by atoms with Gasteiger partial charge in [-0.1, -0.05) is 17.7 Å². The molecule has 0 unspecified atom stereocenters. The highest BCUT2D eigenvalue weighted by Crippen LogP contribution is 2.35.